The van der Waals surface area contributed by atoms with E-state index in [0.717, 1.165) is 27.7 Å². The number of aryl methyl sites for hydroxylation is 1. The molecule has 0 aliphatic carbocycles. The quantitative estimate of drug-likeness (QED) is 0.437. The van der Waals surface area contributed by atoms with Crippen LogP contribution in [0.4, 0.5) is 0 Å². The fourth-order valence-corrected chi connectivity index (χ4v) is 2.71. The van der Waals surface area contributed by atoms with E-state index in [1.54, 1.807) is 0 Å². The number of hydrogen-bond acceptors (Lipinski definition) is 3. The van der Waals surface area contributed by atoms with Gasteiger partial charge in [0.1, 0.15) is 0 Å². The molecule has 0 bridgehead atoms. The van der Waals surface area contributed by atoms with Gasteiger partial charge in [0.05, 0.1) is 11.9 Å². The Morgan fingerprint density at radius 1 is 1.08 bits per heavy atom. The van der Waals surface area contributed by atoms with Crippen LogP contribution in [-0.2, 0) is 16.6 Å². The van der Waals surface area contributed by atoms with Gasteiger partial charge in [-0.1, -0.05) is 48.5 Å². The third-order valence-corrected chi connectivity index (χ3v) is 3.78. The second-order valence-electron chi connectivity index (χ2n) is 5.27. The van der Waals surface area contributed by atoms with Gasteiger partial charge in [-0.2, -0.15) is 5.10 Å². The lowest BCUT2D eigenvalue weighted by molar-refractivity contribution is -0.137. The first-order chi connectivity index (χ1) is 11.6. The van der Waals surface area contributed by atoms with Crippen molar-refractivity contribution in [3.05, 3.63) is 60.2 Å². The number of nitrogens with zero attached hydrogens (tertiary/aromatic N) is 2. The number of benzene rings is 2. The summed E-state index contributed by atoms with van der Waals surface area (Å²) in [5.74, 6) is -2.03. The van der Waals surface area contributed by atoms with Crippen LogP contribution in [0, 0.1) is 0 Å². The van der Waals surface area contributed by atoms with Gasteiger partial charge in [0.15, 0.2) is 0 Å². The van der Waals surface area contributed by atoms with E-state index in [9.17, 15) is 9.59 Å². The summed E-state index contributed by atoms with van der Waals surface area (Å²) in [6, 6.07) is 17.8. The van der Waals surface area contributed by atoms with E-state index in [2.05, 4.69) is 15.1 Å². The van der Waals surface area contributed by atoms with Crippen molar-refractivity contribution in [2.24, 2.45) is 17.9 Å². The van der Waals surface area contributed by atoms with Crippen molar-refractivity contribution in [2.45, 2.75) is 0 Å². The number of rotatable bonds is 3. The lowest BCUT2D eigenvalue weighted by atomic mass is 10.1. The number of hydrazone groups is 1. The highest BCUT2D eigenvalue weighted by molar-refractivity contribution is 6.34. The molecule has 3 rings (SSSR count). The highest BCUT2D eigenvalue weighted by Gasteiger charge is 2.15. The summed E-state index contributed by atoms with van der Waals surface area (Å²) >= 11 is 0. The third-order valence-electron chi connectivity index (χ3n) is 3.78. The molecule has 0 fully saturated rings. The lowest BCUT2D eigenvalue weighted by Gasteiger charge is -2.06. The van der Waals surface area contributed by atoms with Crippen molar-refractivity contribution in [1.29, 1.82) is 0 Å². The molecular weight excluding hydrogens is 304 g/mol. The third kappa shape index (κ3) is 2.77. The van der Waals surface area contributed by atoms with E-state index in [-0.39, 0.29) is 0 Å². The Balaban J connectivity index is 2.13. The van der Waals surface area contributed by atoms with E-state index in [1.165, 1.54) is 6.21 Å². The molecule has 6 heteroatoms. The molecular formula is C18H16N4O2. The maximum absolute atomic E-state index is 11.3. The SMILES string of the molecule is Cn1c(-c2ccccc2)c(/C=N/NC(=O)C(N)=O)c2ccccc21. The van der Waals surface area contributed by atoms with Crippen LogP contribution in [0.1, 0.15) is 5.56 Å². The first-order valence-electron chi connectivity index (χ1n) is 7.35. The van der Waals surface area contributed by atoms with Gasteiger partial charge in [-0.15, -0.1) is 0 Å². The van der Waals surface area contributed by atoms with Crippen LogP contribution in [0.2, 0.25) is 0 Å². The maximum Gasteiger partial charge on any atom is 0.329 e. The molecule has 2 aromatic carbocycles. The molecule has 6 nitrogen and oxygen atoms in total. The first kappa shape index (κ1) is 15.5. The standard InChI is InChI=1S/C18H16N4O2/c1-22-15-10-6-5-9-13(15)14(11-20-21-18(24)17(19)23)16(22)12-7-3-2-4-8-12/h2-11H,1H3,(H2,19,23)(H,21,24)/b20-11+. The van der Waals surface area contributed by atoms with E-state index < -0.39 is 11.8 Å². The molecule has 3 N–H and O–H groups in total. The Kier molecular flexibility index (Phi) is 4.11. The molecule has 24 heavy (non-hydrogen) atoms. The molecule has 1 aromatic heterocycles. The van der Waals surface area contributed by atoms with E-state index >= 15 is 0 Å². The Bertz CT molecular complexity index is 942. The minimum absolute atomic E-state index is 0.851. The number of aromatic nitrogens is 1. The van der Waals surface area contributed by atoms with Gasteiger partial charge in [0.2, 0.25) is 0 Å². The van der Waals surface area contributed by atoms with Gasteiger partial charge >= 0.3 is 11.8 Å². The van der Waals surface area contributed by atoms with Crippen molar-refractivity contribution in [3.8, 4) is 11.3 Å². The Hall–Kier alpha value is -3.41. The highest BCUT2D eigenvalue weighted by atomic mass is 16.2. The van der Waals surface area contributed by atoms with Crippen molar-refractivity contribution in [3.63, 3.8) is 0 Å². The van der Waals surface area contributed by atoms with Gasteiger partial charge in [-0.05, 0) is 11.6 Å². The monoisotopic (exact) mass is 320 g/mol. The number of carbonyl (C=O) groups is 2. The largest absolute Gasteiger partial charge is 0.361 e. The average molecular weight is 320 g/mol. The number of hydrogen-bond donors (Lipinski definition) is 2. The average Bonchev–Trinajstić information content (AvgIpc) is 2.88. The summed E-state index contributed by atoms with van der Waals surface area (Å²) < 4.78 is 2.07. The zero-order valence-corrected chi connectivity index (χ0v) is 13.1. The predicted octanol–water partition coefficient (Wildman–Crippen LogP) is 1.78. The normalized spacial score (nSPS) is 11.0. The zero-order chi connectivity index (χ0) is 17.1. The van der Waals surface area contributed by atoms with Gasteiger partial charge in [-0.25, -0.2) is 5.43 Å². The van der Waals surface area contributed by atoms with Crippen LogP contribution < -0.4 is 11.2 Å². The van der Waals surface area contributed by atoms with Crippen LogP contribution in [-0.4, -0.2) is 22.6 Å². The number of para-hydroxylation sites is 1. The van der Waals surface area contributed by atoms with Gasteiger partial charge in [0, 0.05) is 23.5 Å². The zero-order valence-electron chi connectivity index (χ0n) is 13.1. The van der Waals surface area contributed by atoms with Crippen LogP contribution in [0.3, 0.4) is 0 Å². The van der Waals surface area contributed by atoms with Crippen molar-refractivity contribution in [1.82, 2.24) is 9.99 Å². The smallest absolute Gasteiger partial charge is 0.329 e. The molecule has 0 aliphatic rings. The molecule has 0 radical (unpaired) electrons. The van der Waals surface area contributed by atoms with Crippen LogP contribution >= 0.6 is 0 Å². The van der Waals surface area contributed by atoms with E-state index in [4.69, 9.17) is 5.73 Å². The summed E-state index contributed by atoms with van der Waals surface area (Å²) in [4.78, 5) is 22.0. The second kappa shape index (κ2) is 6.37. The molecule has 2 amide bonds. The van der Waals surface area contributed by atoms with Crippen molar-refractivity contribution in [2.75, 3.05) is 0 Å². The van der Waals surface area contributed by atoms with Gasteiger partial charge < -0.3 is 10.3 Å². The number of primary amides is 1. The summed E-state index contributed by atoms with van der Waals surface area (Å²) in [6.07, 6.45) is 1.53. The van der Waals surface area contributed by atoms with Crippen LogP contribution in [0.25, 0.3) is 22.2 Å². The van der Waals surface area contributed by atoms with Crippen LogP contribution in [0.15, 0.2) is 59.7 Å². The number of nitrogens with one attached hydrogen (secondary N) is 1. The molecule has 0 aliphatic heterocycles. The molecule has 120 valence electrons. The number of carbonyl (C=O) groups excluding carboxylic acids is 2. The molecule has 0 saturated heterocycles. The van der Waals surface area contributed by atoms with Crippen molar-refractivity contribution >= 4 is 28.9 Å². The molecule has 0 spiro atoms. The summed E-state index contributed by atoms with van der Waals surface area (Å²) in [6.45, 7) is 0. The van der Waals surface area contributed by atoms with Gasteiger partial charge in [0.25, 0.3) is 0 Å². The lowest BCUT2D eigenvalue weighted by Crippen LogP contribution is -2.32. The molecule has 3 aromatic rings. The number of amides is 2. The molecule has 0 atom stereocenters. The maximum atomic E-state index is 11.3. The summed E-state index contributed by atoms with van der Waals surface area (Å²) in [5, 5.41) is 4.87. The fraction of sp³-hybridized carbons (Fsp3) is 0.0556. The molecule has 0 saturated carbocycles. The van der Waals surface area contributed by atoms with E-state index in [1.807, 2.05) is 61.6 Å². The summed E-state index contributed by atoms with van der Waals surface area (Å²) in [7, 11) is 1.98. The Morgan fingerprint density at radius 3 is 2.46 bits per heavy atom. The second-order valence-corrected chi connectivity index (χ2v) is 5.27. The minimum atomic E-state index is -1.08. The highest BCUT2D eigenvalue weighted by Crippen LogP contribution is 2.31. The molecule has 0 unspecified atom stereocenters. The minimum Gasteiger partial charge on any atom is -0.361 e. The van der Waals surface area contributed by atoms with Crippen LogP contribution in [0.5, 0.6) is 0 Å². The number of nitrogens with two attached hydrogens (primary N) is 1. The Labute approximate surface area is 138 Å². The van der Waals surface area contributed by atoms with Crippen molar-refractivity contribution < 1.29 is 9.59 Å². The fourth-order valence-electron chi connectivity index (χ4n) is 2.71. The summed E-state index contributed by atoms with van der Waals surface area (Å²) in [5.41, 5.74) is 10.9. The predicted molar refractivity (Wildman–Crippen MR) is 93.3 cm³/mol. The molecule has 1 heterocycles. The van der Waals surface area contributed by atoms with E-state index in [0.29, 0.717) is 0 Å². The topological polar surface area (TPSA) is 89.5 Å². The number of fused-ring (bicyclic) bond motifs is 1. The first-order valence-corrected chi connectivity index (χ1v) is 7.35. The van der Waals surface area contributed by atoms with Gasteiger partial charge in [-0.3, -0.25) is 9.59 Å². The Morgan fingerprint density at radius 2 is 1.75 bits per heavy atom.